The first-order valence-corrected chi connectivity index (χ1v) is 5.67. The Balaban J connectivity index is 2.13. The molecule has 0 aliphatic heterocycles. The molecule has 0 aliphatic carbocycles. The van der Waals surface area contributed by atoms with Crippen molar-refractivity contribution in [3.63, 3.8) is 0 Å². The van der Waals surface area contributed by atoms with Crippen LogP contribution in [0.15, 0.2) is 18.2 Å². The van der Waals surface area contributed by atoms with Crippen molar-refractivity contribution in [1.82, 2.24) is 15.0 Å². The van der Waals surface area contributed by atoms with Crippen LogP contribution in [0.4, 0.5) is 4.79 Å². The maximum absolute atomic E-state index is 10.6. The van der Waals surface area contributed by atoms with Crippen LogP contribution in [0.2, 0.25) is 0 Å². The van der Waals surface area contributed by atoms with Gasteiger partial charge in [-0.15, -0.1) is 0 Å². The van der Waals surface area contributed by atoms with Crippen molar-refractivity contribution >= 4 is 17.1 Å². The minimum Gasteiger partial charge on any atom is -0.528 e. The molecule has 1 N–H and O–H groups in total. The number of H-pyrrole nitrogens is 1. The number of hydrogen-bond acceptors (Lipinski definition) is 4. The van der Waals surface area contributed by atoms with Crippen LogP contribution in [0.1, 0.15) is 18.3 Å². The Morgan fingerprint density at radius 2 is 2.33 bits per heavy atom. The Morgan fingerprint density at radius 3 is 2.94 bits per heavy atom. The predicted octanol–water partition coefficient (Wildman–Crippen LogP) is 0.968. The summed E-state index contributed by atoms with van der Waals surface area (Å²) in [4.78, 5) is 23.2. The van der Waals surface area contributed by atoms with Gasteiger partial charge in [0.2, 0.25) is 0 Å². The first-order valence-electron chi connectivity index (χ1n) is 5.67. The van der Waals surface area contributed by atoms with Crippen LogP contribution in [-0.4, -0.2) is 27.7 Å². The lowest BCUT2D eigenvalue weighted by Crippen LogP contribution is -2.40. The van der Waals surface area contributed by atoms with Crippen LogP contribution in [-0.2, 0) is 11.4 Å². The number of aryl methyl sites for hydroxylation is 1. The molecule has 1 amide bonds. The number of nitrogens with one attached hydrogen (secondary N) is 1. The number of carbonyl (C=O) groups excluding carboxylic acids is 1. The molecule has 1 aromatic heterocycles. The van der Waals surface area contributed by atoms with E-state index in [1.807, 2.05) is 25.1 Å². The van der Waals surface area contributed by atoms with Gasteiger partial charge in [-0.1, -0.05) is 12.1 Å². The first kappa shape index (κ1) is 12.4. The van der Waals surface area contributed by atoms with Gasteiger partial charge in [-0.2, -0.15) is 0 Å². The van der Waals surface area contributed by atoms with Crippen LogP contribution in [0.5, 0.6) is 0 Å². The highest BCUT2D eigenvalue weighted by atomic mass is 16.7. The lowest BCUT2D eigenvalue weighted by atomic mass is 10.2. The molecule has 0 bridgehead atoms. The van der Waals surface area contributed by atoms with Gasteiger partial charge in [-0.05, 0) is 25.5 Å². The number of hydrogen-bond donors (Lipinski definition) is 1. The summed E-state index contributed by atoms with van der Waals surface area (Å²) in [6.45, 7) is 3.91. The Hall–Kier alpha value is -2.08. The molecule has 0 atom stereocenters. The minimum atomic E-state index is -1.36. The smallest absolute Gasteiger partial charge is 0.162 e. The molecule has 6 nitrogen and oxygen atoms in total. The van der Waals surface area contributed by atoms with E-state index in [0.717, 1.165) is 21.7 Å². The third-order valence-electron chi connectivity index (χ3n) is 2.61. The van der Waals surface area contributed by atoms with Gasteiger partial charge in [0.05, 0.1) is 11.0 Å². The molecule has 6 heteroatoms. The normalized spacial score (nSPS) is 10.8. The summed E-state index contributed by atoms with van der Waals surface area (Å²) >= 11 is 0. The molecule has 96 valence electrons. The Labute approximate surface area is 104 Å². The molecule has 0 unspecified atom stereocenters. The largest absolute Gasteiger partial charge is 0.528 e. The Kier molecular flexibility index (Phi) is 3.47. The number of benzene rings is 1. The molecule has 0 spiro atoms. The first-order chi connectivity index (χ1) is 8.61. The molecule has 0 saturated carbocycles. The number of carboxylic acid groups (broad SMARTS) is 1. The van der Waals surface area contributed by atoms with Gasteiger partial charge in [-0.25, -0.2) is 10.0 Å². The maximum atomic E-state index is 10.6. The second-order valence-electron chi connectivity index (χ2n) is 3.89. The second-order valence-corrected chi connectivity index (χ2v) is 3.89. The Bertz CT molecular complexity index is 565. The summed E-state index contributed by atoms with van der Waals surface area (Å²) in [7, 11) is 0. The van der Waals surface area contributed by atoms with Gasteiger partial charge >= 0.3 is 0 Å². The number of aromatic amines is 1. The van der Waals surface area contributed by atoms with Crippen molar-refractivity contribution in [1.29, 1.82) is 0 Å². The van der Waals surface area contributed by atoms with Crippen molar-refractivity contribution in [3.05, 3.63) is 29.6 Å². The number of nitrogens with zero attached hydrogens (tertiary/aromatic N) is 2. The van der Waals surface area contributed by atoms with E-state index in [2.05, 4.69) is 9.97 Å². The van der Waals surface area contributed by atoms with Crippen molar-refractivity contribution in [2.24, 2.45) is 0 Å². The lowest BCUT2D eigenvalue weighted by molar-refractivity contribution is -0.304. The average Bonchev–Trinajstić information content (AvgIpc) is 2.74. The quantitative estimate of drug-likeness (QED) is 0.817. The highest BCUT2D eigenvalue weighted by Crippen LogP contribution is 2.15. The topological polar surface area (TPSA) is 81.3 Å². The fourth-order valence-corrected chi connectivity index (χ4v) is 1.71. The molecular formula is C12H14N3O3-. The zero-order valence-electron chi connectivity index (χ0n) is 10.3. The van der Waals surface area contributed by atoms with E-state index < -0.39 is 6.09 Å². The van der Waals surface area contributed by atoms with Crippen molar-refractivity contribution in [3.8, 4) is 0 Å². The van der Waals surface area contributed by atoms with Crippen LogP contribution in [0.25, 0.3) is 11.0 Å². The van der Waals surface area contributed by atoms with Crippen molar-refractivity contribution in [2.75, 3.05) is 6.54 Å². The highest BCUT2D eigenvalue weighted by Gasteiger charge is 2.07. The summed E-state index contributed by atoms with van der Waals surface area (Å²) in [5.74, 6) is 0.582. The number of aromatic nitrogens is 2. The molecule has 1 aromatic carbocycles. The van der Waals surface area contributed by atoms with E-state index in [1.165, 1.54) is 0 Å². The summed E-state index contributed by atoms with van der Waals surface area (Å²) in [5, 5.41) is 11.4. The molecule has 1 heterocycles. The minimum absolute atomic E-state index is 0.0654. The Morgan fingerprint density at radius 1 is 1.56 bits per heavy atom. The maximum Gasteiger partial charge on any atom is 0.162 e. The molecule has 2 rings (SSSR count). The SMILES string of the molecule is CCN(OCc1nc2c(C)cccc2[nH]1)C(=O)[O-]. The van der Waals surface area contributed by atoms with E-state index in [4.69, 9.17) is 4.84 Å². The monoisotopic (exact) mass is 248 g/mol. The fraction of sp³-hybridized carbons (Fsp3) is 0.333. The molecular weight excluding hydrogens is 234 g/mol. The standard InChI is InChI=1S/C12H15N3O3/c1-3-15(12(16)17)18-7-10-13-9-6-4-5-8(2)11(9)14-10/h4-6H,3,7H2,1-2H3,(H,13,14)(H,16,17)/p-1. The number of fused-ring (bicyclic) bond motifs is 1. The van der Waals surface area contributed by atoms with E-state index in [0.29, 0.717) is 5.82 Å². The van der Waals surface area contributed by atoms with Crippen LogP contribution in [0, 0.1) is 6.92 Å². The molecule has 0 fully saturated rings. The lowest BCUT2D eigenvalue weighted by Gasteiger charge is -2.21. The van der Waals surface area contributed by atoms with Crippen LogP contribution < -0.4 is 5.11 Å². The van der Waals surface area contributed by atoms with E-state index in [9.17, 15) is 9.90 Å². The van der Waals surface area contributed by atoms with Crippen molar-refractivity contribution in [2.45, 2.75) is 20.5 Å². The van der Waals surface area contributed by atoms with E-state index in [1.54, 1.807) is 6.92 Å². The third-order valence-corrected chi connectivity index (χ3v) is 2.61. The van der Waals surface area contributed by atoms with Gasteiger partial charge in [-0.3, -0.25) is 4.84 Å². The zero-order valence-corrected chi connectivity index (χ0v) is 10.3. The third kappa shape index (κ3) is 2.43. The number of carbonyl (C=O) groups is 1. The number of imidazole rings is 1. The summed E-state index contributed by atoms with van der Waals surface area (Å²) in [5.41, 5.74) is 2.83. The summed E-state index contributed by atoms with van der Waals surface area (Å²) in [6.07, 6.45) is -1.36. The fourth-order valence-electron chi connectivity index (χ4n) is 1.71. The van der Waals surface area contributed by atoms with Gasteiger partial charge in [0.25, 0.3) is 0 Å². The number of amides is 1. The molecule has 2 aromatic rings. The number of rotatable bonds is 4. The van der Waals surface area contributed by atoms with Gasteiger partial charge in [0.15, 0.2) is 6.09 Å². The average molecular weight is 248 g/mol. The van der Waals surface area contributed by atoms with Crippen LogP contribution >= 0.6 is 0 Å². The highest BCUT2D eigenvalue weighted by molar-refractivity contribution is 5.78. The van der Waals surface area contributed by atoms with Crippen molar-refractivity contribution < 1.29 is 14.7 Å². The van der Waals surface area contributed by atoms with E-state index >= 15 is 0 Å². The molecule has 18 heavy (non-hydrogen) atoms. The van der Waals surface area contributed by atoms with Gasteiger partial charge in [0.1, 0.15) is 12.4 Å². The second kappa shape index (κ2) is 5.05. The summed E-state index contributed by atoms with van der Waals surface area (Å²) < 4.78 is 0. The molecule has 0 saturated heterocycles. The van der Waals surface area contributed by atoms with Crippen LogP contribution in [0.3, 0.4) is 0 Å². The van der Waals surface area contributed by atoms with Gasteiger partial charge < -0.3 is 14.9 Å². The summed E-state index contributed by atoms with van der Waals surface area (Å²) in [6, 6.07) is 5.81. The number of para-hydroxylation sites is 1. The molecule has 0 radical (unpaired) electrons. The predicted molar refractivity (Wildman–Crippen MR) is 63.4 cm³/mol. The zero-order chi connectivity index (χ0) is 13.1. The molecule has 0 aliphatic rings. The number of hydroxylamine groups is 2. The van der Waals surface area contributed by atoms with E-state index in [-0.39, 0.29) is 13.2 Å². The van der Waals surface area contributed by atoms with Gasteiger partial charge in [0, 0.05) is 6.54 Å².